The standard InChI is InChI=1S/C21H20ClN3O4S/c1-14-11-17(12-15(2)21(14)22)29-13-20(26)24-16-6-8-18(9-7-16)30(27,28)25-19-5-3-4-10-23-19/h3-12H,13H2,1-2H3,(H,23,25)(H,24,26). The molecule has 2 N–H and O–H groups in total. The van der Waals surface area contributed by atoms with Crippen LogP contribution in [0.2, 0.25) is 5.02 Å². The van der Waals surface area contributed by atoms with E-state index in [-0.39, 0.29) is 23.2 Å². The van der Waals surface area contributed by atoms with Gasteiger partial charge >= 0.3 is 0 Å². The molecule has 9 heteroatoms. The maximum absolute atomic E-state index is 12.4. The summed E-state index contributed by atoms with van der Waals surface area (Å²) in [5.74, 6) is 0.397. The van der Waals surface area contributed by atoms with Gasteiger partial charge in [-0.05, 0) is 73.5 Å². The summed E-state index contributed by atoms with van der Waals surface area (Å²) in [5, 5.41) is 3.33. The van der Waals surface area contributed by atoms with Crippen molar-refractivity contribution in [3.05, 3.63) is 76.9 Å². The molecular weight excluding hydrogens is 426 g/mol. The van der Waals surface area contributed by atoms with E-state index in [1.54, 1.807) is 30.3 Å². The molecule has 0 radical (unpaired) electrons. The van der Waals surface area contributed by atoms with E-state index in [0.29, 0.717) is 16.5 Å². The molecule has 0 fully saturated rings. The number of hydrogen-bond donors (Lipinski definition) is 2. The number of pyridine rings is 1. The normalized spacial score (nSPS) is 11.0. The molecule has 1 aromatic heterocycles. The van der Waals surface area contributed by atoms with Crippen molar-refractivity contribution < 1.29 is 17.9 Å². The summed E-state index contributed by atoms with van der Waals surface area (Å²) in [6.45, 7) is 3.53. The molecule has 3 rings (SSSR count). The Morgan fingerprint density at radius 1 is 1.07 bits per heavy atom. The predicted octanol–water partition coefficient (Wildman–Crippen LogP) is 4.17. The Kier molecular flexibility index (Phi) is 6.59. The summed E-state index contributed by atoms with van der Waals surface area (Å²) >= 11 is 6.12. The van der Waals surface area contributed by atoms with Crippen molar-refractivity contribution in [2.24, 2.45) is 0 Å². The minimum Gasteiger partial charge on any atom is -0.484 e. The Labute approximate surface area is 180 Å². The summed E-state index contributed by atoms with van der Waals surface area (Å²) in [6.07, 6.45) is 1.49. The molecule has 0 bridgehead atoms. The zero-order chi connectivity index (χ0) is 21.7. The number of benzene rings is 2. The van der Waals surface area contributed by atoms with Gasteiger partial charge in [-0.3, -0.25) is 9.52 Å². The fourth-order valence-electron chi connectivity index (χ4n) is 2.67. The summed E-state index contributed by atoms with van der Waals surface area (Å²) in [5.41, 5.74) is 2.18. The van der Waals surface area contributed by atoms with Crippen molar-refractivity contribution >= 4 is 39.0 Å². The second-order valence-corrected chi connectivity index (χ2v) is 8.61. The highest BCUT2D eigenvalue weighted by atomic mass is 35.5. The van der Waals surface area contributed by atoms with Crippen LogP contribution in [0, 0.1) is 13.8 Å². The molecule has 1 amide bonds. The molecule has 156 valence electrons. The third-order valence-corrected chi connectivity index (χ3v) is 6.10. The second kappa shape index (κ2) is 9.15. The van der Waals surface area contributed by atoms with Gasteiger partial charge in [0.1, 0.15) is 11.6 Å². The summed E-state index contributed by atoms with van der Waals surface area (Å²) in [4.78, 5) is 16.1. The average molecular weight is 446 g/mol. The van der Waals surface area contributed by atoms with E-state index in [0.717, 1.165) is 11.1 Å². The first-order valence-electron chi connectivity index (χ1n) is 8.98. The molecule has 0 aliphatic rings. The van der Waals surface area contributed by atoms with E-state index in [9.17, 15) is 13.2 Å². The van der Waals surface area contributed by atoms with E-state index in [1.807, 2.05) is 13.8 Å². The van der Waals surface area contributed by atoms with Crippen molar-refractivity contribution in [1.29, 1.82) is 0 Å². The zero-order valence-corrected chi connectivity index (χ0v) is 17.9. The lowest BCUT2D eigenvalue weighted by atomic mass is 10.1. The number of ether oxygens (including phenoxy) is 1. The maximum Gasteiger partial charge on any atom is 0.263 e. The van der Waals surface area contributed by atoms with Crippen LogP contribution in [0.1, 0.15) is 11.1 Å². The number of rotatable bonds is 7. The molecule has 0 aliphatic carbocycles. The van der Waals surface area contributed by atoms with Gasteiger partial charge in [-0.25, -0.2) is 13.4 Å². The molecule has 2 aromatic carbocycles. The highest BCUT2D eigenvalue weighted by molar-refractivity contribution is 7.92. The third kappa shape index (κ3) is 5.49. The van der Waals surface area contributed by atoms with Crippen molar-refractivity contribution in [1.82, 2.24) is 4.98 Å². The van der Waals surface area contributed by atoms with Gasteiger partial charge in [-0.15, -0.1) is 0 Å². The van der Waals surface area contributed by atoms with Crippen molar-refractivity contribution in [3.8, 4) is 5.75 Å². The minimum absolute atomic E-state index is 0.0505. The maximum atomic E-state index is 12.4. The van der Waals surface area contributed by atoms with Crippen LogP contribution in [0.5, 0.6) is 5.75 Å². The number of nitrogens with one attached hydrogen (secondary N) is 2. The first-order valence-corrected chi connectivity index (χ1v) is 10.8. The van der Waals surface area contributed by atoms with Crippen LogP contribution >= 0.6 is 11.6 Å². The van der Waals surface area contributed by atoms with Gasteiger partial charge in [0.05, 0.1) is 4.90 Å². The molecule has 0 atom stereocenters. The number of aromatic nitrogens is 1. The Bertz CT molecular complexity index is 1130. The Balaban J connectivity index is 1.59. The second-order valence-electron chi connectivity index (χ2n) is 6.55. The smallest absolute Gasteiger partial charge is 0.263 e. The molecule has 0 spiro atoms. The fourth-order valence-corrected chi connectivity index (χ4v) is 3.79. The first kappa shape index (κ1) is 21.6. The van der Waals surface area contributed by atoms with Gasteiger partial charge < -0.3 is 10.1 Å². The van der Waals surface area contributed by atoms with Crippen LogP contribution in [0.25, 0.3) is 0 Å². The van der Waals surface area contributed by atoms with Crippen molar-refractivity contribution in [3.63, 3.8) is 0 Å². The van der Waals surface area contributed by atoms with Crippen LogP contribution in [-0.2, 0) is 14.8 Å². The highest BCUT2D eigenvalue weighted by Crippen LogP contribution is 2.26. The zero-order valence-electron chi connectivity index (χ0n) is 16.3. The van der Waals surface area contributed by atoms with Gasteiger partial charge in [0.15, 0.2) is 6.61 Å². The largest absolute Gasteiger partial charge is 0.484 e. The Hall–Kier alpha value is -3.10. The van der Waals surface area contributed by atoms with Crippen LogP contribution in [0.15, 0.2) is 65.7 Å². The molecule has 0 saturated heterocycles. The number of hydrogen-bond acceptors (Lipinski definition) is 5. The minimum atomic E-state index is -3.78. The lowest BCUT2D eigenvalue weighted by Crippen LogP contribution is -2.20. The number of sulfonamides is 1. The van der Waals surface area contributed by atoms with Gasteiger partial charge in [-0.2, -0.15) is 0 Å². The van der Waals surface area contributed by atoms with Crippen molar-refractivity contribution in [2.45, 2.75) is 18.7 Å². The number of aryl methyl sites for hydroxylation is 2. The first-order chi connectivity index (χ1) is 14.2. The van der Waals surface area contributed by atoms with Gasteiger partial charge in [0.2, 0.25) is 0 Å². The van der Waals surface area contributed by atoms with Gasteiger partial charge in [-0.1, -0.05) is 17.7 Å². The third-order valence-electron chi connectivity index (χ3n) is 4.13. The van der Waals surface area contributed by atoms with Crippen LogP contribution in [0.3, 0.4) is 0 Å². The lowest BCUT2D eigenvalue weighted by Gasteiger charge is -2.11. The van der Waals surface area contributed by atoms with E-state index in [4.69, 9.17) is 16.3 Å². The van der Waals surface area contributed by atoms with Gasteiger partial charge in [0, 0.05) is 16.9 Å². The van der Waals surface area contributed by atoms with Crippen LogP contribution < -0.4 is 14.8 Å². The lowest BCUT2D eigenvalue weighted by molar-refractivity contribution is -0.118. The summed E-state index contributed by atoms with van der Waals surface area (Å²) in [7, 11) is -3.78. The van der Waals surface area contributed by atoms with Crippen LogP contribution in [-0.4, -0.2) is 25.9 Å². The van der Waals surface area contributed by atoms with E-state index in [1.165, 1.54) is 30.5 Å². The topological polar surface area (TPSA) is 97.4 Å². The number of anilines is 2. The van der Waals surface area contributed by atoms with Crippen molar-refractivity contribution in [2.75, 3.05) is 16.6 Å². The molecular formula is C21H20ClN3O4S. The Morgan fingerprint density at radius 2 is 1.73 bits per heavy atom. The Morgan fingerprint density at radius 3 is 2.33 bits per heavy atom. The highest BCUT2D eigenvalue weighted by Gasteiger charge is 2.15. The van der Waals surface area contributed by atoms with E-state index in [2.05, 4.69) is 15.0 Å². The molecule has 0 aliphatic heterocycles. The number of halogens is 1. The molecule has 7 nitrogen and oxygen atoms in total. The summed E-state index contributed by atoms with van der Waals surface area (Å²) < 4.78 is 32.7. The SMILES string of the molecule is Cc1cc(OCC(=O)Nc2ccc(S(=O)(=O)Nc3ccccn3)cc2)cc(C)c1Cl. The monoisotopic (exact) mass is 445 g/mol. The van der Waals surface area contributed by atoms with Gasteiger partial charge in [0.25, 0.3) is 15.9 Å². The van der Waals surface area contributed by atoms with E-state index < -0.39 is 10.0 Å². The average Bonchev–Trinajstić information content (AvgIpc) is 2.71. The molecule has 1 heterocycles. The molecule has 30 heavy (non-hydrogen) atoms. The quantitative estimate of drug-likeness (QED) is 0.568. The molecule has 0 saturated carbocycles. The number of carbonyl (C=O) groups is 1. The molecule has 0 unspecified atom stereocenters. The number of amides is 1. The van der Waals surface area contributed by atoms with E-state index >= 15 is 0 Å². The van der Waals surface area contributed by atoms with Crippen LogP contribution in [0.4, 0.5) is 11.5 Å². The predicted molar refractivity (Wildman–Crippen MR) is 117 cm³/mol. The summed E-state index contributed by atoms with van der Waals surface area (Å²) in [6, 6.07) is 14.2. The fraction of sp³-hybridized carbons (Fsp3) is 0.143. The number of carbonyl (C=O) groups excluding carboxylic acids is 1. The number of nitrogens with zero attached hydrogens (tertiary/aromatic N) is 1. The molecule has 3 aromatic rings.